The highest BCUT2D eigenvalue weighted by atomic mass is 19.3. The van der Waals surface area contributed by atoms with E-state index >= 15 is 0 Å². The molecule has 0 bridgehead atoms. The highest BCUT2D eigenvalue weighted by Crippen LogP contribution is 2.40. The van der Waals surface area contributed by atoms with Crippen LogP contribution < -0.4 is 5.32 Å². The van der Waals surface area contributed by atoms with E-state index in [9.17, 15) is 26.7 Å². The number of fused-ring (bicyclic) bond motifs is 1. The molecule has 0 unspecified atom stereocenters. The van der Waals surface area contributed by atoms with Crippen molar-refractivity contribution < 1.29 is 31.9 Å². The summed E-state index contributed by atoms with van der Waals surface area (Å²) in [4.78, 5) is 12.4. The topological polar surface area (TPSA) is 78.4 Å². The van der Waals surface area contributed by atoms with Crippen LogP contribution >= 0.6 is 0 Å². The third kappa shape index (κ3) is 3.75. The Morgan fingerprint density at radius 1 is 1.10 bits per heavy atom. The van der Waals surface area contributed by atoms with E-state index < -0.39 is 46.8 Å². The van der Waals surface area contributed by atoms with E-state index in [2.05, 4.69) is 15.5 Å². The van der Waals surface area contributed by atoms with Crippen LogP contribution in [-0.4, -0.2) is 45.4 Å². The Morgan fingerprint density at radius 3 is 2.37 bits per heavy atom. The fraction of sp³-hybridized carbons (Fsp3) is 0.421. The molecule has 2 aromatic rings. The molecule has 6 nitrogen and oxygen atoms in total. The van der Waals surface area contributed by atoms with Crippen molar-refractivity contribution in [1.29, 1.82) is 0 Å². The summed E-state index contributed by atoms with van der Waals surface area (Å²) in [7, 11) is 0. The highest BCUT2D eigenvalue weighted by molar-refractivity contribution is 5.66. The normalized spacial score (nSPS) is 23.1. The van der Waals surface area contributed by atoms with Crippen LogP contribution in [0.4, 0.5) is 32.6 Å². The van der Waals surface area contributed by atoms with Crippen LogP contribution in [-0.2, 0) is 0 Å². The van der Waals surface area contributed by atoms with Gasteiger partial charge in [0.1, 0.15) is 17.3 Å². The number of carbonyl (C=O) groups is 1. The van der Waals surface area contributed by atoms with Gasteiger partial charge in [-0.25, -0.2) is 26.7 Å². The predicted octanol–water partition coefficient (Wildman–Crippen LogP) is 4.30. The van der Waals surface area contributed by atoms with Gasteiger partial charge < -0.3 is 15.3 Å². The standard InChI is InChI=1S/C19H17F5N4O2/c20-10-3-12(16(22)14(21)4-10)17-13(18(23)24)5-15(26-27-17)25-11-1-8-6-28(19(29)30)7-9(8)2-11/h3-5,8-9,11,18H,1-2,6-7H2,(H,25,26)(H,29,30)/t8-,9+,11+. The van der Waals surface area contributed by atoms with Gasteiger partial charge in [0.2, 0.25) is 0 Å². The van der Waals surface area contributed by atoms with Crippen LogP contribution in [0.15, 0.2) is 18.2 Å². The molecule has 30 heavy (non-hydrogen) atoms. The molecule has 0 spiro atoms. The maximum absolute atomic E-state index is 14.0. The first-order valence-electron chi connectivity index (χ1n) is 9.28. The quantitative estimate of drug-likeness (QED) is 0.561. The number of nitrogens with one attached hydrogen (secondary N) is 1. The molecule has 1 aromatic carbocycles. The van der Waals surface area contributed by atoms with E-state index in [0.717, 1.165) is 6.07 Å². The number of alkyl halides is 2. The number of hydrogen-bond donors (Lipinski definition) is 2. The van der Waals surface area contributed by atoms with Gasteiger partial charge in [-0.1, -0.05) is 0 Å². The molecule has 3 atom stereocenters. The van der Waals surface area contributed by atoms with Crippen molar-refractivity contribution in [3.63, 3.8) is 0 Å². The minimum atomic E-state index is -3.08. The highest BCUT2D eigenvalue weighted by Gasteiger charge is 2.42. The van der Waals surface area contributed by atoms with Gasteiger partial charge >= 0.3 is 6.09 Å². The molecule has 1 saturated heterocycles. The lowest BCUT2D eigenvalue weighted by atomic mass is 10.0. The third-order valence-corrected chi connectivity index (χ3v) is 5.68. The first-order chi connectivity index (χ1) is 14.2. The van der Waals surface area contributed by atoms with Crippen molar-refractivity contribution in [2.75, 3.05) is 18.4 Å². The van der Waals surface area contributed by atoms with Crippen LogP contribution in [0.25, 0.3) is 11.3 Å². The molecule has 2 N–H and O–H groups in total. The average Bonchev–Trinajstić information content (AvgIpc) is 3.23. The molecule has 0 radical (unpaired) electrons. The van der Waals surface area contributed by atoms with E-state index in [1.54, 1.807) is 0 Å². The Labute approximate surface area is 167 Å². The summed E-state index contributed by atoms with van der Waals surface area (Å²) in [5.74, 6) is -3.75. The number of benzene rings is 1. The fourth-order valence-electron chi connectivity index (χ4n) is 4.36. The van der Waals surface area contributed by atoms with Gasteiger partial charge in [0.15, 0.2) is 11.6 Å². The van der Waals surface area contributed by atoms with Crippen LogP contribution in [0.1, 0.15) is 24.8 Å². The zero-order chi connectivity index (χ0) is 21.6. The molecule has 2 fully saturated rings. The third-order valence-electron chi connectivity index (χ3n) is 5.68. The second kappa shape index (κ2) is 7.69. The predicted molar refractivity (Wildman–Crippen MR) is 95.5 cm³/mol. The number of anilines is 1. The van der Waals surface area contributed by atoms with E-state index in [1.807, 2.05) is 0 Å². The minimum absolute atomic E-state index is 0.0337. The van der Waals surface area contributed by atoms with Crippen molar-refractivity contribution in [1.82, 2.24) is 15.1 Å². The van der Waals surface area contributed by atoms with Crippen molar-refractivity contribution in [2.24, 2.45) is 11.8 Å². The van der Waals surface area contributed by atoms with Gasteiger partial charge in [-0.3, -0.25) is 0 Å². The van der Waals surface area contributed by atoms with Crippen molar-refractivity contribution in [3.05, 3.63) is 41.2 Å². The van der Waals surface area contributed by atoms with Crippen LogP contribution in [0.2, 0.25) is 0 Å². The van der Waals surface area contributed by atoms with Crippen LogP contribution in [0.5, 0.6) is 0 Å². The molecular formula is C19H17F5N4O2. The second-order valence-corrected chi connectivity index (χ2v) is 7.60. The molecule has 2 heterocycles. The number of hydrogen-bond acceptors (Lipinski definition) is 4. The largest absolute Gasteiger partial charge is 0.465 e. The van der Waals surface area contributed by atoms with E-state index in [0.29, 0.717) is 38.1 Å². The lowest BCUT2D eigenvalue weighted by Gasteiger charge is -2.18. The van der Waals surface area contributed by atoms with E-state index in [1.165, 1.54) is 4.90 Å². The zero-order valence-electron chi connectivity index (χ0n) is 15.5. The zero-order valence-corrected chi connectivity index (χ0v) is 15.5. The number of amides is 1. The Kier molecular flexibility index (Phi) is 5.20. The summed E-state index contributed by atoms with van der Waals surface area (Å²) in [6.07, 6.45) is -2.75. The number of carboxylic acid groups (broad SMARTS) is 1. The Balaban J connectivity index is 1.55. The number of nitrogens with zero attached hydrogens (tertiary/aromatic N) is 3. The summed E-state index contributed by atoms with van der Waals surface area (Å²) < 4.78 is 68.2. The lowest BCUT2D eigenvalue weighted by Crippen LogP contribution is -2.29. The molecule has 2 aliphatic rings. The first-order valence-corrected chi connectivity index (χ1v) is 9.28. The molecule has 160 valence electrons. The fourth-order valence-corrected chi connectivity index (χ4v) is 4.36. The summed E-state index contributed by atoms with van der Waals surface area (Å²) in [6.45, 7) is 0.852. The maximum Gasteiger partial charge on any atom is 0.407 e. The first kappa shape index (κ1) is 20.3. The molecule has 1 aliphatic carbocycles. The van der Waals surface area contributed by atoms with Gasteiger partial charge in [-0.15, -0.1) is 10.2 Å². The van der Waals surface area contributed by atoms with Gasteiger partial charge in [0.05, 0.1) is 0 Å². The van der Waals surface area contributed by atoms with Crippen molar-refractivity contribution in [3.8, 4) is 11.3 Å². The van der Waals surface area contributed by atoms with Crippen LogP contribution in [0.3, 0.4) is 0 Å². The molecule has 11 heteroatoms. The molecule has 1 saturated carbocycles. The van der Waals surface area contributed by atoms with Crippen LogP contribution in [0, 0.1) is 29.3 Å². The summed E-state index contributed by atoms with van der Waals surface area (Å²) in [5.41, 5.74) is -2.07. The number of rotatable bonds is 4. The molecule has 4 rings (SSSR count). The van der Waals surface area contributed by atoms with Gasteiger partial charge in [0.25, 0.3) is 6.43 Å². The van der Waals surface area contributed by atoms with Crippen molar-refractivity contribution in [2.45, 2.75) is 25.3 Å². The maximum atomic E-state index is 14.0. The second-order valence-electron chi connectivity index (χ2n) is 7.60. The van der Waals surface area contributed by atoms with Gasteiger partial charge in [-0.2, -0.15) is 0 Å². The van der Waals surface area contributed by atoms with Gasteiger partial charge in [-0.05, 0) is 36.8 Å². The van der Waals surface area contributed by atoms with Gasteiger partial charge in [0, 0.05) is 36.3 Å². The molecule has 1 aliphatic heterocycles. The Hall–Kier alpha value is -2.98. The van der Waals surface area contributed by atoms with E-state index in [4.69, 9.17) is 5.11 Å². The Morgan fingerprint density at radius 2 is 1.77 bits per heavy atom. The van der Waals surface area contributed by atoms with E-state index in [-0.39, 0.29) is 23.7 Å². The Bertz CT molecular complexity index is 976. The lowest BCUT2D eigenvalue weighted by molar-refractivity contribution is 0.151. The number of halogens is 5. The molecule has 1 aromatic heterocycles. The number of aromatic nitrogens is 2. The average molecular weight is 428 g/mol. The SMILES string of the molecule is O=C(O)N1C[C@H]2C[C@H](Nc3cc(C(F)F)c(-c4cc(F)cc(F)c4F)nn3)C[C@H]2C1. The summed E-state index contributed by atoms with van der Waals surface area (Å²) in [5, 5.41) is 19.5. The molecule has 1 amide bonds. The monoisotopic (exact) mass is 428 g/mol. The summed E-state index contributed by atoms with van der Waals surface area (Å²) in [6, 6.07) is 1.79. The number of likely N-dealkylation sites (tertiary alicyclic amines) is 1. The smallest absolute Gasteiger partial charge is 0.407 e. The van der Waals surface area contributed by atoms with Crippen molar-refractivity contribution >= 4 is 11.9 Å². The minimum Gasteiger partial charge on any atom is -0.465 e. The summed E-state index contributed by atoms with van der Waals surface area (Å²) >= 11 is 0. The molecular weight excluding hydrogens is 411 g/mol.